The van der Waals surface area contributed by atoms with Crippen LogP contribution < -0.4 is 14.4 Å². The first-order valence-electron chi connectivity index (χ1n) is 8.67. The molecule has 0 bridgehead atoms. The third kappa shape index (κ3) is 5.27. The second-order valence-electron chi connectivity index (χ2n) is 6.08. The number of hydrogen-bond donors (Lipinski definition) is 1. The summed E-state index contributed by atoms with van der Waals surface area (Å²) in [6.07, 6.45) is 0. The summed E-state index contributed by atoms with van der Waals surface area (Å²) in [6, 6.07) is 21.9. The van der Waals surface area contributed by atoms with Crippen LogP contribution in [-0.2, 0) is 14.8 Å². The van der Waals surface area contributed by atoms with Crippen molar-refractivity contribution in [2.45, 2.75) is 4.90 Å². The highest BCUT2D eigenvalue weighted by atomic mass is 127. The molecule has 6 nitrogen and oxygen atoms in total. The molecule has 1 amide bonds. The minimum atomic E-state index is -3.92. The molecule has 0 atom stereocenters. The van der Waals surface area contributed by atoms with E-state index in [0.29, 0.717) is 17.1 Å². The summed E-state index contributed by atoms with van der Waals surface area (Å²) >= 11 is 2.14. The molecule has 150 valence electrons. The smallest absolute Gasteiger partial charge is 0.264 e. The van der Waals surface area contributed by atoms with Gasteiger partial charge in [0, 0.05) is 15.3 Å². The maximum atomic E-state index is 13.2. The summed E-state index contributed by atoms with van der Waals surface area (Å²) in [5.74, 6) is 0.130. The van der Waals surface area contributed by atoms with Crippen molar-refractivity contribution in [3.05, 3.63) is 82.4 Å². The molecule has 1 N–H and O–H groups in total. The number of nitrogens with one attached hydrogen (secondary N) is 1. The van der Waals surface area contributed by atoms with Gasteiger partial charge in [0.25, 0.3) is 10.0 Å². The molecule has 0 aliphatic carbocycles. The van der Waals surface area contributed by atoms with E-state index in [-0.39, 0.29) is 11.4 Å². The minimum absolute atomic E-state index is 0.118. The van der Waals surface area contributed by atoms with Gasteiger partial charge in [-0.05, 0) is 71.1 Å². The predicted octanol–water partition coefficient (Wildman–Crippen LogP) is 4.13. The number of carbonyl (C=O) groups excluding carboxylic acids is 1. The molecular formula is C21H19IN2O4S. The van der Waals surface area contributed by atoms with Crippen molar-refractivity contribution in [2.24, 2.45) is 0 Å². The number of ether oxygens (including phenoxy) is 1. The molecule has 0 heterocycles. The molecule has 29 heavy (non-hydrogen) atoms. The van der Waals surface area contributed by atoms with E-state index in [0.717, 1.165) is 7.88 Å². The number of methoxy groups -OCH3 is 1. The van der Waals surface area contributed by atoms with Crippen molar-refractivity contribution >= 4 is 49.9 Å². The van der Waals surface area contributed by atoms with Crippen LogP contribution in [0.1, 0.15) is 0 Å². The number of nitrogens with zero attached hydrogens (tertiary/aromatic N) is 1. The molecule has 8 heteroatoms. The van der Waals surface area contributed by atoms with Crippen molar-refractivity contribution in [3.8, 4) is 5.75 Å². The lowest BCUT2D eigenvalue weighted by molar-refractivity contribution is -0.114. The number of halogens is 1. The van der Waals surface area contributed by atoms with Crippen LogP contribution in [0.15, 0.2) is 83.8 Å². The highest BCUT2D eigenvalue weighted by Gasteiger charge is 2.27. The van der Waals surface area contributed by atoms with Crippen molar-refractivity contribution in [1.82, 2.24) is 0 Å². The number of sulfonamides is 1. The van der Waals surface area contributed by atoms with E-state index in [2.05, 4.69) is 27.9 Å². The minimum Gasteiger partial charge on any atom is -0.497 e. The number of rotatable bonds is 7. The summed E-state index contributed by atoms with van der Waals surface area (Å²) in [5, 5.41) is 2.73. The highest BCUT2D eigenvalue weighted by Crippen LogP contribution is 2.25. The Hall–Kier alpha value is -2.59. The monoisotopic (exact) mass is 522 g/mol. The van der Waals surface area contributed by atoms with Gasteiger partial charge in [-0.2, -0.15) is 0 Å². The average Bonchev–Trinajstić information content (AvgIpc) is 2.73. The number of hydrogen-bond acceptors (Lipinski definition) is 4. The standard InChI is InChI=1S/C21H19IN2O4S/c1-28-19-7-5-6-17(14-19)23-21(25)15-24(18-12-10-16(22)11-13-18)29(26,27)20-8-3-2-4-9-20/h2-14H,15H2,1H3,(H,23,25). The molecule has 0 aliphatic heterocycles. The lowest BCUT2D eigenvalue weighted by atomic mass is 10.3. The highest BCUT2D eigenvalue weighted by molar-refractivity contribution is 14.1. The van der Waals surface area contributed by atoms with Gasteiger partial charge < -0.3 is 10.1 Å². The van der Waals surface area contributed by atoms with Crippen molar-refractivity contribution in [1.29, 1.82) is 0 Å². The molecule has 0 aromatic heterocycles. The van der Waals surface area contributed by atoms with Crippen molar-refractivity contribution in [3.63, 3.8) is 0 Å². The third-order valence-electron chi connectivity index (χ3n) is 4.09. The second kappa shape index (κ2) is 9.27. The van der Waals surface area contributed by atoms with E-state index in [1.54, 1.807) is 66.7 Å². The fraction of sp³-hybridized carbons (Fsp3) is 0.0952. The lowest BCUT2D eigenvalue weighted by Crippen LogP contribution is -2.38. The molecular weight excluding hydrogens is 503 g/mol. The van der Waals surface area contributed by atoms with E-state index in [9.17, 15) is 13.2 Å². The normalized spacial score (nSPS) is 11.0. The van der Waals surface area contributed by atoms with E-state index in [1.165, 1.54) is 19.2 Å². The Morgan fingerprint density at radius 1 is 1.00 bits per heavy atom. The number of carbonyl (C=O) groups is 1. The van der Waals surface area contributed by atoms with Gasteiger partial charge in [-0.15, -0.1) is 0 Å². The Morgan fingerprint density at radius 2 is 1.69 bits per heavy atom. The zero-order valence-electron chi connectivity index (χ0n) is 15.6. The maximum Gasteiger partial charge on any atom is 0.264 e. The Kier molecular flexibility index (Phi) is 6.75. The van der Waals surface area contributed by atoms with Gasteiger partial charge >= 0.3 is 0 Å². The zero-order valence-corrected chi connectivity index (χ0v) is 18.6. The number of amides is 1. The van der Waals surface area contributed by atoms with E-state index >= 15 is 0 Å². The van der Waals surface area contributed by atoms with Gasteiger partial charge in [-0.25, -0.2) is 8.42 Å². The van der Waals surface area contributed by atoms with Crippen LogP contribution in [0.2, 0.25) is 0 Å². The van der Waals surface area contributed by atoms with Gasteiger partial charge in [0.2, 0.25) is 5.91 Å². The molecule has 0 spiro atoms. The summed E-state index contributed by atoms with van der Waals surface area (Å²) in [4.78, 5) is 12.8. The number of benzene rings is 3. The van der Waals surface area contributed by atoms with E-state index in [4.69, 9.17) is 4.74 Å². The Balaban J connectivity index is 1.91. The van der Waals surface area contributed by atoms with Gasteiger partial charge in [-0.1, -0.05) is 24.3 Å². The first-order valence-corrected chi connectivity index (χ1v) is 11.2. The molecule has 0 fully saturated rings. The van der Waals surface area contributed by atoms with Crippen LogP contribution in [0.3, 0.4) is 0 Å². The van der Waals surface area contributed by atoms with Crippen LogP contribution in [0.25, 0.3) is 0 Å². The summed E-state index contributed by atoms with van der Waals surface area (Å²) in [6.45, 7) is -0.366. The van der Waals surface area contributed by atoms with Gasteiger partial charge in [0.05, 0.1) is 17.7 Å². The Morgan fingerprint density at radius 3 is 2.34 bits per heavy atom. The third-order valence-corrected chi connectivity index (χ3v) is 6.59. The van der Waals surface area contributed by atoms with Gasteiger partial charge in [-0.3, -0.25) is 9.10 Å². The molecule has 0 radical (unpaired) electrons. The Labute approximate surface area is 183 Å². The van der Waals surface area contributed by atoms with Crippen LogP contribution in [0.5, 0.6) is 5.75 Å². The van der Waals surface area contributed by atoms with Gasteiger partial charge in [0.1, 0.15) is 12.3 Å². The summed E-state index contributed by atoms with van der Waals surface area (Å²) < 4.78 is 33.7. The molecule has 0 unspecified atom stereocenters. The van der Waals surface area contributed by atoms with Gasteiger partial charge in [0.15, 0.2) is 0 Å². The quantitative estimate of drug-likeness (QED) is 0.474. The Bertz CT molecular complexity index is 1090. The van der Waals surface area contributed by atoms with Crippen molar-refractivity contribution in [2.75, 3.05) is 23.3 Å². The van der Waals surface area contributed by atoms with E-state index < -0.39 is 15.9 Å². The molecule has 3 aromatic rings. The predicted molar refractivity (Wildman–Crippen MR) is 122 cm³/mol. The molecule has 0 saturated carbocycles. The molecule has 3 aromatic carbocycles. The largest absolute Gasteiger partial charge is 0.497 e. The SMILES string of the molecule is COc1cccc(NC(=O)CN(c2ccc(I)cc2)S(=O)(=O)c2ccccc2)c1. The summed E-state index contributed by atoms with van der Waals surface area (Å²) in [7, 11) is -2.39. The van der Waals surface area contributed by atoms with E-state index in [1.807, 2.05) is 0 Å². The lowest BCUT2D eigenvalue weighted by Gasteiger charge is -2.24. The molecule has 0 aliphatic rings. The fourth-order valence-corrected chi connectivity index (χ4v) is 4.48. The zero-order chi connectivity index (χ0) is 20.9. The summed E-state index contributed by atoms with van der Waals surface area (Å²) in [5.41, 5.74) is 0.934. The first kappa shape index (κ1) is 21.1. The number of anilines is 2. The average molecular weight is 522 g/mol. The van der Waals surface area contributed by atoms with Crippen molar-refractivity contribution < 1.29 is 17.9 Å². The first-order chi connectivity index (χ1) is 13.9. The van der Waals surface area contributed by atoms with Crippen LogP contribution in [0.4, 0.5) is 11.4 Å². The second-order valence-corrected chi connectivity index (χ2v) is 9.19. The maximum absolute atomic E-state index is 13.2. The van der Waals surface area contributed by atoms with Crippen LogP contribution in [0, 0.1) is 3.57 Å². The molecule has 3 rings (SSSR count). The fourth-order valence-electron chi connectivity index (χ4n) is 2.67. The topological polar surface area (TPSA) is 75.7 Å². The van der Waals surface area contributed by atoms with Crippen LogP contribution in [-0.4, -0.2) is 28.0 Å². The molecule has 0 saturated heterocycles. The van der Waals surface area contributed by atoms with Crippen LogP contribution >= 0.6 is 22.6 Å².